The Balaban J connectivity index is 2.03. The topological polar surface area (TPSA) is 73.1 Å². The van der Waals surface area contributed by atoms with Gasteiger partial charge in [0, 0.05) is 11.5 Å². The zero-order valence-electron chi connectivity index (χ0n) is 14.4. The van der Waals surface area contributed by atoms with Gasteiger partial charge in [-0.25, -0.2) is 19.4 Å². The minimum atomic E-state index is -0.585. The summed E-state index contributed by atoms with van der Waals surface area (Å²) in [6.07, 6.45) is 2.57. The van der Waals surface area contributed by atoms with Gasteiger partial charge in [0.25, 0.3) is 0 Å². The smallest absolute Gasteiger partial charge is 0.415 e. The number of hydrogen-bond acceptors (Lipinski definition) is 5. The lowest BCUT2D eigenvalue weighted by Gasteiger charge is -2.24. The van der Waals surface area contributed by atoms with Crippen molar-refractivity contribution in [1.82, 2.24) is 19.7 Å². The van der Waals surface area contributed by atoms with Gasteiger partial charge in [-0.15, -0.1) is 0 Å². The number of amides is 1. The minimum Gasteiger partial charge on any atom is -0.443 e. The first-order valence-electron chi connectivity index (χ1n) is 7.67. The first-order chi connectivity index (χ1) is 11.8. The summed E-state index contributed by atoms with van der Waals surface area (Å²) in [5.74, 6) is 0.445. The lowest BCUT2D eigenvalue weighted by Crippen LogP contribution is -2.34. The van der Waals surface area contributed by atoms with Crippen LogP contribution in [0.15, 0.2) is 41.3 Å². The molecular weight excluding hydrogens is 386 g/mol. The minimum absolute atomic E-state index is 0.445. The second-order valence-electron chi connectivity index (χ2n) is 6.51. The van der Waals surface area contributed by atoms with Crippen LogP contribution >= 0.6 is 15.9 Å². The zero-order chi connectivity index (χ0) is 18.2. The molecule has 0 atom stereocenters. The highest BCUT2D eigenvalue weighted by Gasteiger charge is 2.23. The van der Waals surface area contributed by atoms with Crippen LogP contribution < -0.4 is 4.90 Å². The number of fused-ring (bicyclic) bond motifs is 1. The number of rotatable bonds is 2. The Hall–Kier alpha value is -2.48. The molecular formula is C17H18BrN5O2. The maximum atomic E-state index is 12.3. The third-order valence-electron chi connectivity index (χ3n) is 3.38. The van der Waals surface area contributed by atoms with E-state index in [-0.39, 0.29) is 0 Å². The van der Waals surface area contributed by atoms with Crippen LogP contribution in [-0.4, -0.2) is 38.5 Å². The highest BCUT2D eigenvalue weighted by Crippen LogP contribution is 2.26. The van der Waals surface area contributed by atoms with Gasteiger partial charge in [0.05, 0.1) is 17.3 Å². The summed E-state index contributed by atoms with van der Waals surface area (Å²) in [5.41, 5.74) is 0.880. The molecule has 0 spiro atoms. The lowest BCUT2D eigenvalue weighted by molar-refractivity contribution is 0.0588. The molecule has 0 N–H and O–H groups in total. The van der Waals surface area contributed by atoms with Gasteiger partial charge in [0.2, 0.25) is 0 Å². The molecule has 130 valence electrons. The van der Waals surface area contributed by atoms with Gasteiger partial charge in [0.1, 0.15) is 11.9 Å². The molecule has 0 aliphatic heterocycles. The van der Waals surface area contributed by atoms with Gasteiger partial charge in [-0.3, -0.25) is 4.90 Å². The van der Waals surface area contributed by atoms with Crippen LogP contribution in [0.1, 0.15) is 20.8 Å². The normalized spacial score (nSPS) is 11.6. The lowest BCUT2D eigenvalue weighted by atomic mass is 10.2. The number of carbonyl (C=O) groups excluding carboxylic acids is 1. The monoisotopic (exact) mass is 403 g/mol. The molecule has 8 heteroatoms. The Labute approximate surface area is 153 Å². The van der Waals surface area contributed by atoms with E-state index in [1.165, 1.54) is 11.2 Å². The van der Waals surface area contributed by atoms with Crippen molar-refractivity contribution < 1.29 is 9.53 Å². The molecule has 0 saturated heterocycles. The molecule has 0 fully saturated rings. The van der Waals surface area contributed by atoms with Crippen LogP contribution in [0, 0.1) is 0 Å². The fourth-order valence-electron chi connectivity index (χ4n) is 2.31. The van der Waals surface area contributed by atoms with Crippen molar-refractivity contribution in [2.75, 3.05) is 11.9 Å². The van der Waals surface area contributed by atoms with E-state index in [1.807, 2.05) is 45.0 Å². The van der Waals surface area contributed by atoms with Crippen LogP contribution in [0.3, 0.4) is 0 Å². The van der Waals surface area contributed by atoms with Crippen LogP contribution in [0.2, 0.25) is 0 Å². The van der Waals surface area contributed by atoms with Gasteiger partial charge in [0.15, 0.2) is 11.5 Å². The van der Waals surface area contributed by atoms with E-state index in [9.17, 15) is 4.79 Å². The average Bonchev–Trinajstić information content (AvgIpc) is 2.96. The molecule has 0 unspecified atom stereocenters. The molecule has 1 aromatic carbocycles. The molecule has 2 heterocycles. The number of benzene rings is 1. The number of carbonyl (C=O) groups is 1. The largest absolute Gasteiger partial charge is 0.443 e. The number of aromatic nitrogens is 4. The maximum absolute atomic E-state index is 12.3. The molecule has 3 rings (SSSR count). The standard InChI is InChI=1S/C17H18BrN5O2/c1-17(2,3)25-16(24)22(4)14-13-9-21-23(15(13)20-10-19-14)12-7-5-6-11(18)8-12/h5-10H,1-4H3. The van der Waals surface area contributed by atoms with Gasteiger partial charge >= 0.3 is 6.09 Å². The van der Waals surface area contributed by atoms with E-state index in [4.69, 9.17) is 4.74 Å². The highest BCUT2D eigenvalue weighted by atomic mass is 79.9. The molecule has 2 aromatic heterocycles. The number of nitrogens with zero attached hydrogens (tertiary/aromatic N) is 5. The number of hydrogen-bond donors (Lipinski definition) is 0. The van der Waals surface area contributed by atoms with Gasteiger partial charge in [-0.05, 0) is 39.0 Å². The highest BCUT2D eigenvalue weighted by molar-refractivity contribution is 9.10. The Kier molecular flexibility index (Phi) is 4.47. The molecule has 3 aromatic rings. The molecule has 0 saturated carbocycles. The summed E-state index contributed by atoms with van der Waals surface area (Å²) in [7, 11) is 1.62. The van der Waals surface area contributed by atoms with Crippen molar-refractivity contribution in [2.24, 2.45) is 0 Å². The summed E-state index contributed by atoms with van der Waals surface area (Å²) >= 11 is 3.45. The number of halogens is 1. The van der Waals surface area contributed by atoms with E-state index < -0.39 is 11.7 Å². The third kappa shape index (κ3) is 3.63. The molecule has 0 aliphatic rings. The molecule has 0 bridgehead atoms. The van der Waals surface area contributed by atoms with Crippen LogP contribution in [0.5, 0.6) is 0 Å². The van der Waals surface area contributed by atoms with Gasteiger partial charge in [-0.1, -0.05) is 22.0 Å². The van der Waals surface area contributed by atoms with Crippen molar-refractivity contribution in [3.05, 3.63) is 41.3 Å². The van der Waals surface area contributed by atoms with E-state index in [0.29, 0.717) is 16.9 Å². The van der Waals surface area contributed by atoms with E-state index in [2.05, 4.69) is 31.0 Å². The quantitative estimate of drug-likeness (QED) is 0.647. The summed E-state index contributed by atoms with van der Waals surface area (Å²) in [6, 6.07) is 7.72. The molecule has 7 nitrogen and oxygen atoms in total. The first-order valence-corrected chi connectivity index (χ1v) is 8.47. The SMILES string of the molecule is CN(C(=O)OC(C)(C)C)c1ncnc2c1cnn2-c1cccc(Br)c1. The van der Waals surface area contributed by atoms with Crippen LogP contribution in [-0.2, 0) is 4.74 Å². The molecule has 0 aliphatic carbocycles. The first kappa shape index (κ1) is 17.3. The molecule has 1 amide bonds. The third-order valence-corrected chi connectivity index (χ3v) is 3.88. The number of ether oxygens (including phenoxy) is 1. The summed E-state index contributed by atoms with van der Waals surface area (Å²) in [5, 5.41) is 5.06. The second kappa shape index (κ2) is 6.44. The predicted octanol–water partition coefficient (Wildman–Crippen LogP) is 3.95. The molecule has 0 radical (unpaired) electrons. The van der Waals surface area contributed by atoms with Crippen LogP contribution in [0.25, 0.3) is 16.7 Å². The number of anilines is 1. The van der Waals surface area contributed by atoms with Crippen molar-refractivity contribution in [3.63, 3.8) is 0 Å². The zero-order valence-corrected chi connectivity index (χ0v) is 16.0. The van der Waals surface area contributed by atoms with E-state index in [1.54, 1.807) is 17.9 Å². The predicted molar refractivity (Wildman–Crippen MR) is 99.0 cm³/mol. The summed E-state index contributed by atoms with van der Waals surface area (Å²) in [4.78, 5) is 22.3. The fraction of sp³-hybridized carbons (Fsp3) is 0.294. The fourth-order valence-corrected chi connectivity index (χ4v) is 2.70. The van der Waals surface area contributed by atoms with Crippen molar-refractivity contribution in [3.8, 4) is 5.69 Å². The average molecular weight is 404 g/mol. The van der Waals surface area contributed by atoms with Crippen molar-refractivity contribution in [1.29, 1.82) is 0 Å². The summed E-state index contributed by atoms with van der Waals surface area (Å²) in [6.45, 7) is 5.46. The van der Waals surface area contributed by atoms with Gasteiger partial charge < -0.3 is 4.74 Å². The summed E-state index contributed by atoms with van der Waals surface area (Å²) < 4.78 is 8.04. The van der Waals surface area contributed by atoms with Crippen molar-refractivity contribution in [2.45, 2.75) is 26.4 Å². The molecule has 25 heavy (non-hydrogen) atoms. The van der Waals surface area contributed by atoms with E-state index in [0.717, 1.165) is 10.2 Å². The van der Waals surface area contributed by atoms with Crippen molar-refractivity contribution >= 4 is 38.9 Å². The van der Waals surface area contributed by atoms with E-state index >= 15 is 0 Å². The Morgan fingerprint density at radius 3 is 2.72 bits per heavy atom. The second-order valence-corrected chi connectivity index (χ2v) is 7.43. The Morgan fingerprint density at radius 1 is 1.28 bits per heavy atom. The maximum Gasteiger partial charge on any atom is 0.415 e. The Morgan fingerprint density at radius 2 is 2.04 bits per heavy atom. The van der Waals surface area contributed by atoms with Gasteiger partial charge in [-0.2, -0.15) is 5.10 Å². The van der Waals surface area contributed by atoms with Crippen LogP contribution in [0.4, 0.5) is 10.6 Å². The Bertz CT molecular complexity index is 932.